The Labute approximate surface area is 143 Å². The molecule has 1 fully saturated rings. The zero-order valence-electron chi connectivity index (χ0n) is 12.9. The van der Waals surface area contributed by atoms with E-state index in [1.807, 2.05) is 23.0 Å². The fourth-order valence-corrected chi connectivity index (χ4v) is 3.18. The molecule has 0 radical (unpaired) electrons. The van der Waals surface area contributed by atoms with Crippen LogP contribution in [0.4, 0.5) is 0 Å². The van der Waals surface area contributed by atoms with Crippen LogP contribution in [0.15, 0.2) is 41.3 Å². The minimum absolute atomic E-state index is 0.259. The fourth-order valence-electron chi connectivity index (χ4n) is 2.79. The van der Waals surface area contributed by atoms with Crippen molar-refractivity contribution in [2.45, 2.75) is 38.0 Å². The lowest BCUT2D eigenvalue weighted by Crippen LogP contribution is -2.09. The number of nitrogens with one attached hydrogen (secondary N) is 1. The average Bonchev–Trinajstić information content (AvgIpc) is 3.09. The normalized spacial score (nSPS) is 15.7. The van der Waals surface area contributed by atoms with Crippen LogP contribution in [0.25, 0.3) is 5.69 Å². The molecular formula is C17H18BrN5. The van der Waals surface area contributed by atoms with Crippen molar-refractivity contribution in [3.63, 3.8) is 0 Å². The van der Waals surface area contributed by atoms with Gasteiger partial charge in [-0.3, -0.25) is 0 Å². The second-order valence-electron chi connectivity index (χ2n) is 6.18. The summed E-state index contributed by atoms with van der Waals surface area (Å²) in [6.07, 6.45) is 6.87. The van der Waals surface area contributed by atoms with Crippen molar-refractivity contribution in [3.05, 3.63) is 58.6 Å². The van der Waals surface area contributed by atoms with E-state index in [2.05, 4.69) is 45.0 Å². The fraction of sp³-hybridized carbons (Fsp3) is 0.353. The van der Waals surface area contributed by atoms with Crippen LogP contribution < -0.4 is 0 Å². The van der Waals surface area contributed by atoms with Gasteiger partial charge in [0.15, 0.2) is 5.82 Å². The summed E-state index contributed by atoms with van der Waals surface area (Å²) in [7, 11) is 0. The van der Waals surface area contributed by atoms with Gasteiger partial charge in [-0.25, -0.2) is 14.6 Å². The molecule has 0 bridgehead atoms. The van der Waals surface area contributed by atoms with Crippen LogP contribution in [0.3, 0.4) is 0 Å². The molecule has 1 aliphatic rings. The average molecular weight is 372 g/mol. The second kappa shape index (κ2) is 5.92. The standard InChI is InChI=1S/C17H18BrN5/c1-11(7-14-9-19-10-20-14)17-21-16(12-5-6-12)22-23(17)15-4-2-3-13(18)8-15/h2-4,8-12H,5-7H2,1H3,(H,19,20). The van der Waals surface area contributed by atoms with Gasteiger partial charge in [-0.15, -0.1) is 0 Å². The maximum Gasteiger partial charge on any atom is 0.154 e. The Hall–Kier alpha value is -1.95. The minimum atomic E-state index is 0.259. The van der Waals surface area contributed by atoms with Crippen LogP contribution in [0, 0.1) is 0 Å². The first-order valence-electron chi connectivity index (χ1n) is 7.91. The molecule has 1 saturated carbocycles. The molecule has 1 aliphatic carbocycles. The van der Waals surface area contributed by atoms with Gasteiger partial charge in [0.05, 0.1) is 12.0 Å². The number of aromatic nitrogens is 5. The van der Waals surface area contributed by atoms with Crippen molar-refractivity contribution in [1.82, 2.24) is 24.7 Å². The van der Waals surface area contributed by atoms with Crippen molar-refractivity contribution in [3.8, 4) is 5.69 Å². The topological polar surface area (TPSA) is 59.4 Å². The van der Waals surface area contributed by atoms with Crippen molar-refractivity contribution in [2.24, 2.45) is 0 Å². The third-order valence-corrected chi connectivity index (χ3v) is 4.66. The van der Waals surface area contributed by atoms with E-state index in [9.17, 15) is 0 Å². The van der Waals surface area contributed by atoms with Gasteiger partial charge >= 0.3 is 0 Å². The second-order valence-corrected chi connectivity index (χ2v) is 7.09. The van der Waals surface area contributed by atoms with E-state index in [1.54, 1.807) is 6.33 Å². The van der Waals surface area contributed by atoms with E-state index in [0.29, 0.717) is 5.92 Å². The van der Waals surface area contributed by atoms with Gasteiger partial charge in [0, 0.05) is 28.2 Å². The smallest absolute Gasteiger partial charge is 0.154 e. The summed E-state index contributed by atoms with van der Waals surface area (Å²) in [5.74, 6) is 2.80. The van der Waals surface area contributed by atoms with Gasteiger partial charge in [0.2, 0.25) is 0 Å². The molecule has 1 atom stereocenters. The summed E-state index contributed by atoms with van der Waals surface area (Å²) < 4.78 is 3.05. The molecule has 5 nitrogen and oxygen atoms in total. The Morgan fingerprint density at radius 2 is 2.26 bits per heavy atom. The molecule has 1 N–H and O–H groups in total. The van der Waals surface area contributed by atoms with Gasteiger partial charge in [0.25, 0.3) is 0 Å². The van der Waals surface area contributed by atoms with Crippen LogP contribution in [0.5, 0.6) is 0 Å². The molecule has 1 unspecified atom stereocenters. The summed E-state index contributed by atoms with van der Waals surface area (Å²) >= 11 is 3.54. The Morgan fingerprint density at radius 1 is 1.39 bits per heavy atom. The number of benzene rings is 1. The molecular weight excluding hydrogens is 354 g/mol. The van der Waals surface area contributed by atoms with Crippen LogP contribution in [0.2, 0.25) is 0 Å². The predicted molar refractivity (Wildman–Crippen MR) is 91.7 cm³/mol. The lowest BCUT2D eigenvalue weighted by molar-refractivity contribution is 0.654. The number of hydrogen-bond acceptors (Lipinski definition) is 3. The Balaban J connectivity index is 1.72. The highest BCUT2D eigenvalue weighted by Gasteiger charge is 2.30. The molecule has 2 aromatic heterocycles. The van der Waals surface area contributed by atoms with E-state index in [0.717, 1.165) is 33.9 Å². The molecule has 0 amide bonds. The van der Waals surface area contributed by atoms with Crippen LogP contribution in [-0.2, 0) is 6.42 Å². The third kappa shape index (κ3) is 3.08. The van der Waals surface area contributed by atoms with E-state index < -0.39 is 0 Å². The molecule has 0 aliphatic heterocycles. The number of nitrogens with zero attached hydrogens (tertiary/aromatic N) is 4. The van der Waals surface area contributed by atoms with Crippen LogP contribution in [0.1, 0.15) is 48.9 Å². The minimum Gasteiger partial charge on any atom is -0.348 e. The number of aromatic amines is 1. The van der Waals surface area contributed by atoms with Crippen LogP contribution >= 0.6 is 15.9 Å². The van der Waals surface area contributed by atoms with E-state index in [4.69, 9.17) is 10.1 Å². The van der Waals surface area contributed by atoms with Crippen molar-refractivity contribution in [2.75, 3.05) is 0 Å². The largest absolute Gasteiger partial charge is 0.348 e. The molecule has 6 heteroatoms. The summed E-state index contributed by atoms with van der Waals surface area (Å²) in [6, 6.07) is 8.21. The van der Waals surface area contributed by atoms with Gasteiger partial charge < -0.3 is 4.98 Å². The van der Waals surface area contributed by atoms with E-state index in [-0.39, 0.29) is 5.92 Å². The van der Waals surface area contributed by atoms with Crippen molar-refractivity contribution < 1.29 is 0 Å². The third-order valence-electron chi connectivity index (χ3n) is 4.17. The van der Waals surface area contributed by atoms with E-state index >= 15 is 0 Å². The maximum absolute atomic E-state index is 4.86. The Kier molecular flexibility index (Phi) is 3.77. The highest BCUT2D eigenvalue weighted by molar-refractivity contribution is 9.10. The lowest BCUT2D eigenvalue weighted by atomic mass is 10.1. The molecule has 118 valence electrons. The highest BCUT2D eigenvalue weighted by atomic mass is 79.9. The van der Waals surface area contributed by atoms with Crippen LogP contribution in [-0.4, -0.2) is 24.7 Å². The number of H-pyrrole nitrogens is 1. The molecule has 0 spiro atoms. The van der Waals surface area contributed by atoms with Gasteiger partial charge in [-0.05, 0) is 37.5 Å². The Bertz CT molecular complexity index is 804. The maximum atomic E-state index is 4.86. The zero-order valence-corrected chi connectivity index (χ0v) is 14.5. The number of rotatable bonds is 5. The number of hydrogen-bond donors (Lipinski definition) is 1. The van der Waals surface area contributed by atoms with E-state index in [1.165, 1.54) is 12.8 Å². The molecule has 2 heterocycles. The Morgan fingerprint density at radius 3 is 2.96 bits per heavy atom. The highest BCUT2D eigenvalue weighted by Crippen LogP contribution is 2.39. The first-order valence-corrected chi connectivity index (χ1v) is 8.70. The molecule has 4 rings (SSSR count). The summed E-state index contributed by atoms with van der Waals surface area (Å²) in [4.78, 5) is 12.1. The van der Waals surface area contributed by atoms with Gasteiger partial charge in [-0.1, -0.05) is 28.9 Å². The predicted octanol–water partition coefficient (Wildman–Crippen LogP) is 3.98. The monoisotopic (exact) mass is 371 g/mol. The molecule has 3 aromatic rings. The SMILES string of the molecule is CC(Cc1cnc[nH]1)c1nc(C2CC2)nn1-c1cccc(Br)c1. The summed E-state index contributed by atoms with van der Waals surface area (Å²) in [6.45, 7) is 2.19. The molecule has 0 saturated heterocycles. The summed E-state index contributed by atoms with van der Waals surface area (Å²) in [5.41, 5.74) is 2.17. The van der Waals surface area contributed by atoms with Crippen molar-refractivity contribution in [1.29, 1.82) is 0 Å². The first kappa shape index (κ1) is 14.6. The summed E-state index contributed by atoms with van der Waals surface area (Å²) in [5, 5.41) is 4.79. The number of imidazole rings is 1. The zero-order chi connectivity index (χ0) is 15.8. The van der Waals surface area contributed by atoms with Gasteiger partial charge in [0.1, 0.15) is 5.82 Å². The van der Waals surface area contributed by atoms with Gasteiger partial charge in [-0.2, -0.15) is 5.10 Å². The quantitative estimate of drug-likeness (QED) is 0.737. The number of halogens is 1. The molecule has 23 heavy (non-hydrogen) atoms. The van der Waals surface area contributed by atoms with Crippen molar-refractivity contribution >= 4 is 15.9 Å². The first-order chi connectivity index (χ1) is 11.2. The molecule has 1 aromatic carbocycles. The lowest BCUT2D eigenvalue weighted by Gasteiger charge is -2.12.